The van der Waals surface area contributed by atoms with Crippen LogP contribution in [0.3, 0.4) is 0 Å². The highest BCUT2D eigenvalue weighted by atomic mass is 32.2. The smallest absolute Gasteiger partial charge is 0.264 e. The summed E-state index contributed by atoms with van der Waals surface area (Å²) in [6.07, 6.45) is 0.387. The van der Waals surface area contributed by atoms with Gasteiger partial charge in [-0.25, -0.2) is 8.42 Å². The molecule has 0 saturated heterocycles. The number of amides is 2. The van der Waals surface area contributed by atoms with Crippen LogP contribution in [0, 0.1) is 12.8 Å². The normalized spacial score (nSPS) is 12.1. The van der Waals surface area contributed by atoms with Crippen molar-refractivity contribution in [2.75, 3.05) is 17.4 Å². The summed E-state index contributed by atoms with van der Waals surface area (Å²) in [6.45, 7) is 8.06. The molecule has 8 heteroatoms. The highest BCUT2D eigenvalue weighted by Crippen LogP contribution is 2.24. The number of hydrogen-bond acceptors (Lipinski definition) is 4. The molecule has 7 nitrogen and oxygen atoms in total. The van der Waals surface area contributed by atoms with Gasteiger partial charge in [-0.15, -0.1) is 0 Å². The average Bonchev–Trinajstić information content (AvgIpc) is 2.92. The second-order valence-electron chi connectivity index (χ2n) is 9.73. The predicted octanol–water partition coefficient (Wildman–Crippen LogP) is 4.77. The highest BCUT2D eigenvalue weighted by molar-refractivity contribution is 7.92. The summed E-state index contributed by atoms with van der Waals surface area (Å²) in [5, 5.41) is 2.94. The van der Waals surface area contributed by atoms with Crippen molar-refractivity contribution in [1.82, 2.24) is 10.2 Å². The summed E-state index contributed by atoms with van der Waals surface area (Å²) >= 11 is 0. The Morgan fingerprint density at radius 3 is 2.00 bits per heavy atom. The van der Waals surface area contributed by atoms with Gasteiger partial charge in [0, 0.05) is 13.1 Å². The number of carbonyl (C=O) groups excluding carboxylic acids is 2. The van der Waals surface area contributed by atoms with Gasteiger partial charge < -0.3 is 10.2 Å². The van der Waals surface area contributed by atoms with Crippen LogP contribution in [0.1, 0.15) is 38.3 Å². The van der Waals surface area contributed by atoms with Gasteiger partial charge in [-0.2, -0.15) is 0 Å². The predicted molar refractivity (Wildman–Crippen MR) is 151 cm³/mol. The van der Waals surface area contributed by atoms with E-state index in [2.05, 4.69) is 5.32 Å². The third-order valence-corrected chi connectivity index (χ3v) is 7.99. The van der Waals surface area contributed by atoms with Gasteiger partial charge in [-0.05, 0) is 49.1 Å². The Kier molecular flexibility index (Phi) is 10.1. The lowest BCUT2D eigenvalue weighted by Crippen LogP contribution is -2.52. The molecular weight excluding hydrogens is 498 g/mol. The molecule has 2 amide bonds. The summed E-state index contributed by atoms with van der Waals surface area (Å²) in [5.74, 6) is -0.457. The van der Waals surface area contributed by atoms with E-state index in [1.54, 1.807) is 48.5 Å². The monoisotopic (exact) mass is 535 g/mol. The standard InChI is InChI=1S/C30H37N3O4S/c1-5-28(30(35)31-20-23(2)3)32(21-25-18-16-24(4)17-19-25)29(34)22-33(26-12-8-6-9-13-26)38(36,37)27-14-10-7-11-15-27/h6-19,23,28H,5,20-22H2,1-4H3,(H,31,35)/t28-/m1/s1. The minimum absolute atomic E-state index is 0.0865. The summed E-state index contributed by atoms with van der Waals surface area (Å²) in [5.41, 5.74) is 2.31. The minimum Gasteiger partial charge on any atom is -0.354 e. The van der Waals surface area contributed by atoms with E-state index < -0.39 is 28.5 Å². The van der Waals surface area contributed by atoms with Gasteiger partial charge in [-0.1, -0.05) is 87.0 Å². The molecule has 38 heavy (non-hydrogen) atoms. The number of sulfonamides is 1. The lowest BCUT2D eigenvalue weighted by Gasteiger charge is -2.33. The molecule has 0 spiro atoms. The van der Waals surface area contributed by atoms with E-state index in [0.717, 1.165) is 15.4 Å². The molecule has 0 heterocycles. The maximum absolute atomic E-state index is 14.0. The van der Waals surface area contributed by atoms with Crippen LogP contribution in [0.15, 0.2) is 89.8 Å². The number of nitrogens with one attached hydrogen (secondary N) is 1. The Balaban J connectivity index is 2.00. The number of hydrogen-bond donors (Lipinski definition) is 1. The highest BCUT2D eigenvalue weighted by Gasteiger charge is 2.33. The number of anilines is 1. The fourth-order valence-corrected chi connectivity index (χ4v) is 5.51. The second-order valence-corrected chi connectivity index (χ2v) is 11.6. The number of nitrogens with zero attached hydrogens (tertiary/aromatic N) is 2. The number of carbonyl (C=O) groups is 2. The van der Waals surface area contributed by atoms with E-state index in [1.807, 2.05) is 52.0 Å². The largest absolute Gasteiger partial charge is 0.354 e. The molecule has 0 bridgehead atoms. The maximum Gasteiger partial charge on any atom is 0.264 e. The molecule has 0 saturated carbocycles. The fourth-order valence-electron chi connectivity index (χ4n) is 4.07. The Bertz CT molecular complexity index is 1290. The van der Waals surface area contributed by atoms with E-state index >= 15 is 0 Å². The van der Waals surface area contributed by atoms with E-state index in [4.69, 9.17) is 0 Å². The third-order valence-electron chi connectivity index (χ3n) is 6.20. The van der Waals surface area contributed by atoms with E-state index in [-0.39, 0.29) is 23.3 Å². The molecule has 1 N–H and O–H groups in total. The van der Waals surface area contributed by atoms with Gasteiger partial charge in [0.05, 0.1) is 10.6 Å². The molecule has 0 aliphatic rings. The molecule has 0 unspecified atom stereocenters. The first-order valence-corrected chi connectivity index (χ1v) is 14.3. The van der Waals surface area contributed by atoms with E-state index in [0.29, 0.717) is 18.7 Å². The summed E-state index contributed by atoms with van der Waals surface area (Å²) < 4.78 is 28.5. The zero-order chi connectivity index (χ0) is 27.7. The first-order valence-electron chi connectivity index (χ1n) is 12.9. The van der Waals surface area contributed by atoms with Crippen molar-refractivity contribution < 1.29 is 18.0 Å². The van der Waals surface area contributed by atoms with Gasteiger partial charge in [0.2, 0.25) is 11.8 Å². The van der Waals surface area contributed by atoms with Crippen LogP contribution in [-0.4, -0.2) is 44.3 Å². The second kappa shape index (κ2) is 13.2. The van der Waals surface area contributed by atoms with Crippen LogP contribution < -0.4 is 9.62 Å². The molecule has 0 radical (unpaired) electrons. The van der Waals surface area contributed by atoms with E-state index in [1.165, 1.54) is 17.0 Å². The van der Waals surface area contributed by atoms with Crippen LogP contribution in [0.25, 0.3) is 0 Å². The van der Waals surface area contributed by atoms with Crippen molar-refractivity contribution in [2.24, 2.45) is 5.92 Å². The summed E-state index contributed by atoms with van der Waals surface area (Å²) in [7, 11) is -4.05. The van der Waals surface area contributed by atoms with Crippen LogP contribution in [-0.2, 0) is 26.2 Å². The number of aryl methyl sites for hydroxylation is 1. The van der Waals surface area contributed by atoms with Crippen LogP contribution in [0.4, 0.5) is 5.69 Å². The Morgan fingerprint density at radius 1 is 0.868 bits per heavy atom. The third kappa shape index (κ3) is 7.44. The maximum atomic E-state index is 14.0. The SMILES string of the molecule is CC[C@H](C(=O)NCC(C)C)N(Cc1ccc(C)cc1)C(=O)CN(c1ccccc1)S(=O)(=O)c1ccccc1. The fraction of sp³-hybridized carbons (Fsp3) is 0.333. The van der Waals surface area contributed by atoms with Crippen LogP contribution >= 0.6 is 0 Å². The molecule has 0 aliphatic carbocycles. The Hall–Kier alpha value is -3.65. The lowest BCUT2D eigenvalue weighted by molar-refractivity contribution is -0.140. The van der Waals surface area contributed by atoms with Crippen LogP contribution in [0.5, 0.6) is 0 Å². The summed E-state index contributed by atoms with van der Waals surface area (Å²) in [6, 6.07) is 23.6. The van der Waals surface area contributed by atoms with Crippen molar-refractivity contribution in [3.63, 3.8) is 0 Å². The molecule has 3 aromatic rings. The van der Waals surface area contributed by atoms with Gasteiger partial charge in [0.15, 0.2) is 0 Å². The minimum atomic E-state index is -4.05. The summed E-state index contributed by atoms with van der Waals surface area (Å²) in [4.78, 5) is 28.7. The van der Waals surface area contributed by atoms with Gasteiger partial charge in [0.25, 0.3) is 10.0 Å². The van der Waals surface area contributed by atoms with Crippen molar-refractivity contribution in [3.05, 3.63) is 96.1 Å². The van der Waals surface area contributed by atoms with Gasteiger partial charge >= 0.3 is 0 Å². The number of rotatable bonds is 12. The molecule has 0 fully saturated rings. The molecule has 0 aromatic heterocycles. The molecule has 202 valence electrons. The molecule has 3 rings (SSSR count). The lowest BCUT2D eigenvalue weighted by atomic mass is 10.1. The van der Waals surface area contributed by atoms with Crippen molar-refractivity contribution in [3.8, 4) is 0 Å². The topological polar surface area (TPSA) is 86.8 Å². The zero-order valence-corrected chi connectivity index (χ0v) is 23.3. The van der Waals surface area contributed by atoms with E-state index in [9.17, 15) is 18.0 Å². The van der Waals surface area contributed by atoms with Crippen molar-refractivity contribution >= 4 is 27.5 Å². The average molecular weight is 536 g/mol. The van der Waals surface area contributed by atoms with Crippen molar-refractivity contribution in [1.29, 1.82) is 0 Å². The molecule has 3 aromatic carbocycles. The van der Waals surface area contributed by atoms with Gasteiger partial charge in [-0.3, -0.25) is 13.9 Å². The van der Waals surface area contributed by atoms with Gasteiger partial charge in [0.1, 0.15) is 12.6 Å². The number of benzene rings is 3. The Morgan fingerprint density at radius 2 is 1.45 bits per heavy atom. The van der Waals surface area contributed by atoms with Crippen molar-refractivity contribution in [2.45, 2.75) is 51.6 Å². The first-order chi connectivity index (χ1) is 18.1. The molecule has 0 aliphatic heterocycles. The molecular formula is C30H37N3O4S. The quantitative estimate of drug-likeness (QED) is 0.362. The van der Waals surface area contributed by atoms with Crippen LogP contribution in [0.2, 0.25) is 0 Å². The zero-order valence-electron chi connectivity index (χ0n) is 22.5. The first kappa shape index (κ1) is 28.9. The molecule has 1 atom stereocenters. The Labute approximate surface area is 226 Å². The number of para-hydroxylation sites is 1.